The van der Waals surface area contributed by atoms with E-state index in [2.05, 4.69) is 5.32 Å². The van der Waals surface area contributed by atoms with Crippen LogP contribution in [0.5, 0.6) is 0 Å². The van der Waals surface area contributed by atoms with Crippen LogP contribution in [0.15, 0.2) is 24.3 Å². The average molecular weight is 289 g/mol. The summed E-state index contributed by atoms with van der Waals surface area (Å²) < 4.78 is 0. The van der Waals surface area contributed by atoms with Gasteiger partial charge in [0.25, 0.3) is 5.91 Å². The van der Waals surface area contributed by atoms with Crippen molar-refractivity contribution in [2.45, 2.75) is 18.9 Å². The Kier molecular flexibility index (Phi) is 5.93. The molecule has 1 saturated heterocycles. The zero-order valence-corrected chi connectivity index (χ0v) is 11.9. The molecule has 0 bridgehead atoms. The van der Waals surface area contributed by atoms with Gasteiger partial charge in [-0.1, -0.05) is 17.7 Å². The molecule has 100 valence electrons. The van der Waals surface area contributed by atoms with Gasteiger partial charge in [0, 0.05) is 30.2 Å². The molecule has 0 unspecified atom stereocenters. The Bertz CT molecular complexity index is 406. The maximum atomic E-state index is 12.2. The van der Waals surface area contributed by atoms with Gasteiger partial charge in [0.15, 0.2) is 0 Å². The number of likely N-dealkylation sites (N-methyl/N-ethyl adjacent to an activating group) is 1. The van der Waals surface area contributed by atoms with Crippen molar-refractivity contribution in [1.82, 2.24) is 10.2 Å². The first-order valence-corrected chi connectivity index (χ1v) is 6.30. The van der Waals surface area contributed by atoms with Crippen molar-refractivity contribution >= 4 is 29.9 Å². The molecule has 18 heavy (non-hydrogen) atoms. The second kappa shape index (κ2) is 6.98. The molecule has 0 radical (unpaired) electrons. The van der Waals surface area contributed by atoms with Crippen LogP contribution in [-0.4, -0.2) is 37.0 Å². The number of rotatable bonds is 2. The lowest BCUT2D eigenvalue weighted by Crippen LogP contribution is -2.46. The number of amides is 1. The molecule has 0 aromatic heterocycles. The molecule has 1 aromatic rings. The summed E-state index contributed by atoms with van der Waals surface area (Å²) in [5.41, 5.74) is 0.658. The summed E-state index contributed by atoms with van der Waals surface area (Å²) in [7, 11) is 1.86. The second-order valence-corrected chi connectivity index (χ2v) is 4.86. The van der Waals surface area contributed by atoms with E-state index in [1.807, 2.05) is 18.0 Å². The van der Waals surface area contributed by atoms with Crippen molar-refractivity contribution < 1.29 is 4.79 Å². The third-order valence-electron chi connectivity index (χ3n) is 3.21. The average Bonchev–Trinajstić information content (AvgIpc) is 2.38. The first kappa shape index (κ1) is 15.3. The number of carbonyl (C=O) groups excluding carboxylic acids is 1. The molecule has 2 rings (SSSR count). The molecular formula is C13H18Cl2N2O. The highest BCUT2D eigenvalue weighted by Gasteiger charge is 2.22. The van der Waals surface area contributed by atoms with Crippen LogP contribution in [0.2, 0.25) is 5.02 Å². The number of nitrogens with one attached hydrogen (secondary N) is 1. The van der Waals surface area contributed by atoms with Gasteiger partial charge in [-0.2, -0.15) is 0 Å². The summed E-state index contributed by atoms with van der Waals surface area (Å²) >= 11 is 5.90. The summed E-state index contributed by atoms with van der Waals surface area (Å²) in [6.07, 6.45) is 2.19. The number of benzene rings is 1. The van der Waals surface area contributed by atoms with Crippen molar-refractivity contribution in [1.29, 1.82) is 0 Å². The zero-order valence-electron chi connectivity index (χ0n) is 10.4. The fraction of sp³-hybridized carbons (Fsp3) is 0.462. The van der Waals surface area contributed by atoms with E-state index in [0.717, 1.165) is 25.9 Å². The second-order valence-electron chi connectivity index (χ2n) is 4.43. The van der Waals surface area contributed by atoms with Crippen molar-refractivity contribution in [3.05, 3.63) is 34.9 Å². The molecule has 1 atom stereocenters. The number of carbonyl (C=O) groups is 1. The van der Waals surface area contributed by atoms with E-state index < -0.39 is 0 Å². The highest BCUT2D eigenvalue weighted by molar-refractivity contribution is 6.30. The zero-order chi connectivity index (χ0) is 12.3. The first-order valence-electron chi connectivity index (χ1n) is 5.92. The van der Waals surface area contributed by atoms with Gasteiger partial charge in [0.2, 0.25) is 0 Å². The molecule has 1 fully saturated rings. The SMILES string of the molecule is CN(C(=O)c1cccc(Cl)c1)[C@@H]1CCCNC1.Cl. The third-order valence-corrected chi connectivity index (χ3v) is 3.45. The molecule has 1 aromatic carbocycles. The van der Waals surface area contributed by atoms with Gasteiger partial charge in [-0.15, -0.1) is 12.4 Å². The Labute approximate surface area is 119 Å². The van der Waals surface area contributed by atoms with E-state index >= 15 is 0 Å². The molecule has 1 heterocycles. The topological polar surface area (TPSA) is 32.3 Å². The minimum atomic E-state index is 0. The molecular weight excluding hydrogens is 271 g/mol. The van der Waals surface area contributed by atoms with E-state index in [9.17, 15) is 4.79 Å². The summed E-state index contributed by atoms with van der Waals surface area (Å²) in [5.74, 6) is 0.0428. The number of hydrogen-bond donors (Lipinski definition) is 1. The molecule has 0 spiro atoms. The van der Waals surface area contributed by atoms with Gasteiger partial charge in [0.1, 0.15) is 0 Å². The maximum absolute atomic E-state index is 12.2. The standard InChI is InChI=1S/C13H17ClN2O.ClH/c1-16(12-6-3-7-15-9-12)13(17)10-4-2-5-11(14)8-10;/h2,4-5,8,12,15H,3,6-7,9H2,1H3;1H/t12-;/m1./s1. The lowest BCUT2D eigenvalue weighted by Gasteiger charge is -2.31. The first-order chi connectivity index (χ1) is 8.18. The van der Waals surface area contributed by atoms with Crippen LogP contribution < -0.4 is 5.32 Å². The van der Waals surface area contributed by atoms with Crippen LogP contribution in [0.25, 0.3) is 0 Å². The Balaban J connectivity index is 0.00000162. The number of hydrogen-bond acceptors (Lipinski definition) is 2. The Hall–Kier alpha value is -0.770. The fourth-order valence-electron chi connectivity index (χ4n) is 2.15. The van der Waals surface area contributed by atoms with Crippen molar-refractivity contribution in [2.24, 2.45) is 0 Å². The van der Waals surface area contributed by atoms with E-state index in [-0.39, 0.29) is 24.4 Å². The summed E-state index contributed by atoms with van der Waals surface area (Å²) in [6, 6.07) is 7.40. The van der Waals surface area contributed by atoms with Gasteiger partial charge in [-0.05, 0) is 37.6 Å². The van der Waals surface area contributed by atoms with Gasteiger partial charge in [-0.3, -0.25) is 4.79 Å². The van der Waals surface area contributed by atoms with Gasteiger partial charge >= 0.3 is 0 Å². The lowest BCUT2D eigenvalue weighted by atomic mass is 10.1. The Morgan fingerprint density at radius 2 is 2.28 bits per heavy atom. The quantitative estimate of drug-likeness (QED) is 0.907. The molecule has 1 aliphatic heterocycles. The number of nitrogens with zero attached hydrogens (tertiary/aromatic N) is 1. The molecule has 0 aliphatic carbocycles. The van der Waals surface area contributed by atoms with Crippen molar-refractivity contribution in [2.75, 3.05) is 20.1 Å². The molecule has 1 N–H and O–H groups in total. The van der Waals surface area contributed by atoms with Gasteiger partial charge in [-0.25, -0.2) is 0 Å². The van der Waals surface area contributed by atoms with E-state index in [4.69, 9.17) is 11.6 Å². The van der Waals surface area contributed by atoms with Crippen LogP contribution in [0, 0.1) is 0 Å². The van der Waals surface area contributed by atoms with Crippen molar-refractivity contribution in [3.63, 3.8) is 0 Å². The van der Waals surface area contributed by atoms with E-state index in [1.54, 1.807) is 18.2 Å². The molecule has 3 nitrogen and oxygen atoms in total. The molecule has 0 saturated carbocycles. The van der Waals surface area contributed by atoms with Crippen LogP contribution in [0.4, 0.5) is 0 Å². The maximum Gasteiger partial charge on any atom is 0.253 e. The van der Waals surface area contributed by atoms with Crippen LogP contribution in [0.3, 0.4) is 0 Å². The fourth-order valence-corrected chi connectivity index (χ4v) is 2.35. The predicted molar refractivity (Wildman–Crippen MR) is 76.7 cm³/mol. The highest BCUT2D eigenvalue weighted by atomic mass is 35.5. The third kappa shape index (κ3) is 3.61. The number of halogens is 2. The molecule has 5 heteroatoms. The summed E-state index contributed by atoms with van der Waals surface area (Å²) in [6.45, 7) is 1.93. The Morgan fingerprint density at radius 1 is 1.50 bits per heavy atom. The molecule has 1 aliphatic rings. The largest absolute Gasteiger partial charge is 0.337 e. The van der Waals surface area contributed by atoms with E-state index in [0.29, 0.717) is 10.6 Å². The van der Waals surface area contributed by atoms with Crippen LogP contribution >= 0.6 is 24.0 Å². The highest BCUT2D eigenvalue weighted by Crippen LogP contribution is 2.15. The smallest absolute Gasteiger partial charge is 0.253 e. The minimum absolute atomic E-state index is 0. The lowest BCUT2D eigenvalue weighted by molar-refractivity contribution is 0.0708. The number of piperidine rings is 1. The van der Waals surface area contributed by atoms with Gasteiger partial charge < -0.3 is 10.2 Å². The Morgan fingerprint density at radius 3 is 2.89 bits per heavy atom. The van der Waals surface area contributed by atoms with Crippen LogP contribution in [-0.2, 0) is 0 Å². The molecule has 1 amide bonds. The van der Waals surface area contributed by atoms with Crippen molar-refractivity contribution in [3.8, 4) is 0 Å². The predicted octanol–water partition coefficient (Wildman–Crippen LogP) is 2.59. The normalized spacial score (nSPS) is 18.9. The summed E-state index contributed by atoms with van der Waals surface area (Å²) in [5, 5.41) is 3.92. The van der Waals surface area contributed by atoms with E-state index in [1.165, 1.54) is 0 Å². The summed E-state index contributed by atoms with van der Waals surface area (Å²) in [4.78, 5) is 14.1. The van der Waals surface area contributed by atoms with Gasteiger partial charge in [0.05, 0.1) is 0 Å². The monoisotopic (exact) mass is 288 g/mol. The minimum Gasteiger partial charge on any atom is -0.337 e. The van der Waals surface area contributed by atoms with Crippen LogP contribution in [0.1, 0.15) is 23.2 Å².